The van der Waals surface area contributed by atoms with Crippen LogP contribution in [0.25, 0.3) is 0 Å². The highest BCUT2D eigenvalue weighted by atomic mass is 32.2. The Balaban J connectivity index is 2.89. The monoisotopic (exact) mass is 370 g/mol. The zero-order chi connectivity index (χ0) is 19.2. The zero-order valence-electron chi connectivity index (χ0n) is 14.9. The summed E-state index contributed by atoms with van der Waals surface area (Å²) < 4.78 is 26.6. The molecule has 5 N–H and O–H groups in total. The number of carbonyl (C=O) groups excluding carboxylic acids is 2. The van der Waals surface area contributed by atoms with Gasteiger partial charge in [0, 0.05) is 11.7 Å². The van der Waals surface area contributed by atoms with Crippen molar-refractivity contribution in [2.45, 2.75) is 51.1 Å². The van der Waals surface area contributed by atoms with Crippen LogP contribution in [-0.4, -0.2) is 32.4 Å². The van der Waals surface area contributed by atoms with Crippen molar-refractivity contribution in [1.29, 1.82) is 0 Å². The maximum Gasteiger partial charge on any atom is 0.312 e. The van der Waals surface area contributed by atoms with Crippen molar-refractivity contribution < 1.29 is 18.0 Å². The van der Waals surface area contributed by atoms with Crippen LogP contribution in [0.15, 0.2) is 29.2 Å². The van der Waals surface area contributed by atoms with Crippen LogP contribution in [0.2, 0.25) is 0 Å². The molecule has 3 amide bonds. The molecular formula is C16H26N4O4S. The van der Waals surface area contributed by atoms with Gasteiger partial charge in [-0.25, -0.2) is 17.9 Å². The van der Waals surface area contributed by atoms with Crippen LogP contribution in [0, 0.1) is 5.92 Å². The normalized spacial score (nSPS) is 14.0. The van der Waals surface area contributed by atoms with E-state index >= 15 is 0 Å². The van der Waals surface area contributed by atoms with Crippen LogP contribution in [0.3, 0.4) is 0 Å². The van der Waals surface area contributed by atoms with Crippen LogP contribution in [0.4, 0.5) is 10.5 Å². The van der Waals surface area contributed by atoms with Gasteiger partial charge in [0.2, 0.25) is 15.9 Å². The lowest BCUT2D eigenvalue weighted by atomic mass is 9.98. The standard InChI is InChI=1S/C16H26N4O4S/c1-5-11(4)14(19-16(17)22)15(21)18-12-6-8-13(9-7-12)25(23,24)20-10(2)3/h6-11,14,20H,5H2,1-4H3,(H,18,21)(H3,17,19,22)/t11-,14-/m1/s1. The Morgan fingerprint density at radius 3 is 2.12 bits per heavy atom. The SMILES string of the molecule is CC[C@@H](C)[C@@H](NC(N)=O)C(=O)Nc1ccc(S(=O)(=O)NC(C)C)cc1. The van der Waals surface area contributed by atoms with E-state index in [1.165, 1.54) is 24.3 Å². The van der Waals surface area contributed by atoms with Gasteiger partial charge in [0.05, 0.1) is 4.90 Å². The largest absolute Gasteiger partial charge is 0.352 e. The second-order valence-electron chi connectivity index (χ2n) is 6.16. The van der Waals surface area contributed by atoms with Gasteiger partial charge < -0.3 is 16.4 Å². The molecule has 25 heavy (non-hydrogen) atoms. The minimum atomic E-state index is -3.59. The molecule has 8 nitrogen and oxygen atoms in total. The van der Waals surface area contributed by atoms with E-state index in [-0.39, 0.29) is 16.9 Å². The van der Waals surface area contributed by atoms with Gasteiger partial charge in [0.15, 0.2) is 0 Å². The van der Waals surface area contributed by atoms with Gasteiger partial charge >= 0.3 is 6.03 Å². The quantitative estimate of drug-likeness (QED) is 0.551. The molecule has 0 aliphatic rings. The van der Waals surface area contributed by atoms with E-state index < -0.39 is 28.0 Å². The van der Waals surface area contributed by atoms with Crippen molar-refractivity contribution in [2.75, 3.05) is 5.32 Å². The summed E-state index contributed by atoms with van der Waals surface area (Å²) >= 11 is 0. The Hall–Kier alpha value is -2.13. The lowest BCUT2D eigenvalue weighted by Crippen LogP contribution is -2.49. The van der Waals surface area contributed by atoms with Gasteiger partial charge in [-0.05, 0) is 44.0 Å². The summed E-state index contributed by atoms with van der Waals surface area (Å²) in [4.78, 5) is 23.6. The third-order valence-corrected chi connectivity index (χ3v) is 5.29. The molecule has 2 atom stereocenters. The maximum atomic E-state index is 12.4. The Bertz CT molecular complexity index is 701. The first-order valence-corrected chi connectivity index (χ1v) is 9.54. The highest BCUT2D eigenvalue weighted by Crippen LogP contribution is 2.16. The topological polar surface area (TPSA) is 130 Å². The van der Waals surface area contributed by atoms with Crippen LogP contribution < -0.4 is 21.1 Å². The molecule has 1 aromatic carbocycles. The number of urea groups is 1. The van der Waals surface area contributed by atoms with E-state index in [2.05, 4.69) is 15.4 Å². The van der Waals surface area contributed by atoms with E-state index in [4.69, 9.17) is 5.73 Å². The molecule has 0 fully saturated rings. The minimum Gasteiger partial charge on any atom is -0.352 e. The lowest BCUT2D eigenvalue weighted by Gasteiger charge is -2.22. The fraction of sp³-hybridized carbons (Fsp3) is 0.500. The van der Waals surface area contributed by atoms with Gasteiger partial charge in [-0.15, -0.1) is 0 Å². The van der Waals surface area contributed by atoms with Crippen molar-refractivity contribution in [1.82, 2.24) is 10.0 Å². The second-order valence-corrected chi connectivity index (χ2v) is 7.88. The average Bonchev–Trinajstić information content (AvgIpc) is 2.51. The molecule has 1 aromatic rings. The number of nitrogens with one attached hydrogen (secondary N) is 3. The Morgan fingerprint density at radius 1 is 1.12 bits per heavy atom. The summed E-state index contributed by atoms with van der Waals surface area (Å²) in [5.74, 6) is -0.522. The molecule has 0 radical (unpaired) electrons. The molecule has 0 heterocycles. The molecule has 9 heteroatoms. The van der Waals surface area contributed by atoms with Crippen LogP contribution in [0.1, 0.15) is 34.1 Å². The Labute approximate surface area is 148 Å². The fourth-order valence-corrected chi connectivity index (χ4v) is 3.42. The van der Waals surface area contributed by atoms with Gasteiger partial charge in [-0.2, -0.15) is 0 Å². The first kappa shape index (κ1) is 20.9. The zero-order valence-corrected chi connectivity index (χ0v) is 15.7. The maximum absolute atomic E-state index is 12.4. The molecule has 0 spiro atoms. The van der Waals surface area contributed by atoms with Crippen molar-refractivity contribution in [3.63, 3.8) is 0 Å². The van der Waals surface area contributed by atoms with Gasteiger partial charge in [0.25, 0.3) is 0 Å². The highest BCUT2D eigenvalue weighted by Gasteiger charge is 2.25. The number of primary amides is 1. The third-order valence-electron chi connectivity index (χ3n) is 3.62. The van der Waals surface area contributed by atoms with Crippen LogP contribution >= 0.6 is 0 Å². The number of carbonyl (C=O) groups is 2. The summed E-state index contributed by atoms with van der Waals surface area (Å²) in [7, 11) is -3.59. The summed E-state index contributed by atoms with van der Waals surface area (Å²) in [5, 5.41) is 5.09. The summed E-state index contributed by atoms with van der Waals surface area (Å²) in [6, 6.07) is 4.02. The third kappa shape index (κ3) is 6.35. The summed E-state index contributed by atoms with van der Waals surface area (Å²) in [6.45, 7) is 7.18. The number of sulfonamides is 1. The number of rotatable bonds is 8. The van der Waals surface area contributed by atoms with E-state index in [0.717, 1.165) is 0 Å². The molecule has 0 aromatic heterocycles. The van der Waals surface area contributed by atoms with Gasteiger partial charge in [-0.3, -0.25) is 4.79 Å². The molecule has 1 rings (SSSR count). The number of benzene rings is 1. The summed E-state index contributed by atoms with van der Waals surface area (Å²) in [5.41, 5.74) is 5.54. The summed E-state index contributed by atoms with van der Waals surface area (Å²) in [6.07, 6.45) is 0.677. The van der Waals surface area contributed by atoms with Crippen molar-refractivity contribution in [3.8, 4) is 0 Å². The van der Waals surface area contributed by atoms with E-state index in [9.17, 15) is 18.0 Å². The van der Waals surface area contributed by atoms with Crippen LogP contribution in [0.5, 0.6) is 0 Å². The molecule has 0 unspecified atom stereocenters. The van der Waals surface area contributed by atoms with Crippen molar-refractivity contribution in [3.05, 3.63) is 24.3 Å². The number of hydrogen-bond donors (Lipinski definition) is 4. The van der Waals surface area contributed by atoms with Gasteiger partial charge in [0.1, 0.15) is 6.04 Å². The predicted octanol–water partition coefficient (Wildman–Crippen LogP) is 1.39. The number of amides is 3. The molecule has 0 saturated carbocycles. The number of hydrogen-bond acceptors (Lipinski definition) is 4. The lowest BCUT2D eigenvalue weighted by molar-refractivity contribution is -0.119. The number of nitrogens with two attached hydrogens (primary N) is 1. The fourth-order valence-electron chi connectivity index (χ4n) is 2.17. The van der Waals surface area contributed by atoms with E-state index in [1.54, 1.807) is 13.8 Å². The smallest absolute Gasteiger partial charge is 0.312 e. The van der Waals surface area contributed by atoms with E-state index in [1.807, 2.05) is 13.8 Å². The molecule has 140 valence electrons. The molecule has 0 bridgehead atoms. The molecule has 0 saturated heterocycles. The first-order chi connectivity index (χ1) is 11.6. The number of anilines is 1. The molecule has 0 aliphatic carbocycles. The van der Waals surface area contributed by atoms with Crippen molar-refractivity contribution >= 4 is 27.6 Å². The second kappa shape index (κ2) is 8.82. The highest BCUT2D eigenvalue weighted by molar-refractivity contribution is 7.89. The van der Waals surface area contributed by atoms with E-state index in [0.29, 0.717) is 12.1 Å². The Morgan fingerprint density at radius 2 is 1.68 bits per heavy atom. The molecular weight excluding hydrogens is 344 g/mol. The Kier molecular flexibility index (Phi) is 7.38. The average molecular weight is 370 g/mol. The van der Waals surface area contributed by atoms with Gasteiger partial charge in [-0.1, -0.05) is 20.3 Å². The first-order valence-electron chi connectivity index (χ1n) is 8.06. The molecule has 0 aliphatic heterocycles. The minimum absolute atomic E-state index is 0.105. The predicted molar refractivity (Wildman–Crippen MR) is 96.5 cm³/mol. The van der Waals surface area contributed by atoms with Crippen molar-refractivity contribution in [2.24, 2.45) is 11.7 Å². The van der Waals surface area contributed by atoms with Crippen LogP contribution in [-0.2, 0) is 14.8 Å².